The molecule has 10 heteroatoms. The van der Waals surface area contributed by atoms with Crippen LogP contribution in [0.4, 0.5) is 21.8 Å². The van der Waals surface area contributed by atoms with Crippen LogP contribution in [0, 0.1) is 5.82 Å². The van der Waals surface area contributed by atoms with Gasteiger partial charge in [-0.2, -0.15) is 0 Å². The molecule has 0 radical (unpaired) electrons. The largest absolute Gasteiger partial charge is 0.344 e. The maximum atomic E-state index is 14.9. The van der Waals surface area contributed by atoms with Crippen molar-refractivity contribution in [2.24, 2.45) is 0 Å². The van der Waals surface area contributed by atoms with Crippen molar-refractivity contribution in [2.45, 2.75) is 32.9 Å². The van der Waals surface area contributed by atoms with Crippen molar-refractivity contribution in [1.29, 1.82) is 0 Å². The molecule has 0 spiro atoms. The van der Waals surface area contributed by atoms with Crippen molar-refractivity contribution in [3.8, 4) is 11.3 Å². The number of nitrogens with zero attached hydrogens (tertiary/aromatic N) is 6. The van der Waals surface area contributed by atoms with Gasteiger partial charge < -0.3 is 20.1 Å². The summed E-state index contributed by atoms with van der Waals surface area (Å²) < 4.78 is 16.9. The highest BCUT2D eigenvalue weighted by Crippen LogP contribution is 2.30. The first-order valence-electron chi connectivity index (χ1n) is 13.1. The number of carbonyl (C=O) groups excluding carboxylic acids is 1. The topological polar surface area (TPSA) is 91.2 Å². The number of anilines is 3. The van der Waals surface area contributed by atoms with Gasteiger partial charge in [0, 0.05) is 80.3 Å². The first kappa shape index (κ1) is 24.4. The molecule has 6 bridgehead atoms. The van der Waals surface area contributed by atoms with Gasteiger partial charge in [-0.25, -0.2) is 19.3 Å². The number of piperazine rings is 1. The Labute approximate surface area is 220 Å². The fourth-order valence-corrected chi connectivity index (χ4v) is 5.29. The van der Waals surface area contributed by atoms with Crippen LogP contribution in [0.3, 0.4) is 0 Å². The molecule has 0 aliphatic carbocycles. The van der Waals surface area contributed by atoms with Crippen LogP contribution in [-0.2, 0) is 11.3 Å². The highest BCUT2D eigenvalue weighted by molar-refractivity contribution is 5.92. The molecule has 9 nitrogen and oxygen atoms in total. The van der Waals surface area contributed by atoms with Crippen molar-refractivity contribution in [3.63, 3.8) is 0 Å². The van der Waals surface area contributed by atoms with Crippen molar-refractivity contribution >= 4 is 34.3 Å². The molecular weight excluding hydrogens is 483 g/mol. The van der Waals surface area contributed by atoms with E-state index in [0.29, 0.717) is 23.6 Å². The molecule has 1 amide bonds. The fraction of sp³-hybridized carbons (Fsp3) is 0.357. The quantitative estimate of drug-likeness (QED) is 0.418. The number of nitrogens with one attached hydrogen (secondary N) is 2. The number of amides is 1. The monoisotopic (exact) mass is 514 g/mol. The maximum absolute atomic E-state index is 14.9. The van der Waals surface area contributed by atoms with E-state index in [4.69, 9.17) is 0 Å². The number of benzene rings is 1. The summed E-state index contributed by atoms with van der Waals surface area (Å²) in [6.45, 7) is 9.93. The van der Waals surface area contributed by atoms with E-state index in [1.807, 2.05) is 37.4 Å². The molecule has 1 saturated heterocycles. The molecule has 2 N–H and O–H groups in total. The molecule has 1 atom stereocenters. The molecule has 1 unspecified atom stereocenters. The van der Waals surface area contributed by atoms with Crippen LogP contribution >= 0.6 is 0 Å². The molecule has 196 valence electrons. The van der Waals surface area contributed by atoms with Gasteiger partial charge in [-0.15, -0.1) is 0 Å². The van der Waals surface area contributed by atoms with E-state index < -0.39 is 5.82 Å². The Hall–Kier alpha value is -3.89. The molecule has 2 aliphatic heterocycles. The molecular formula is C28H31FN8O. The van der Waals surface area contributed by atoms with Gasteiger partial charge in [0.2, 0.25) is 11.9 Å². The molecule has 1 aromatic carbocycles. The lowest BCUT2D eigenvalue weighted by atomic mass is 10.1. The zero-order valence-electron chi connectivity index (χ0n) is 21.6. The van der Waals surface area contributed by atoms with Crippen LogP contribution < -0.4 is 10.6 Å². The van der Waals surface area contributed by atoms with Gasteiger partial charge in [0.05, 0.1) is 11.9 Å². The minimum atomic E-state index is -0.505. The third-order valence-electron chi connectivity index (χ3n) is 7.50. The third kappa shape index (κ3) is 4.84. The van der Waals surface area contributed by atoms with Crippen LogP contribution in [0.5, 0.6) is 0 Å². The van der Waals surface area contributed by atoms with Gasteiger partial charge in [-0.3, -0.25) is 9.69 Å². The lowest BCUT2D eigenvalue weighted by Crippen LogP contribution is -2.45. The molecule has 2 aliphatic rings. The minimum absolute atomic E-state index is 0.0811. The highest BCUT2D eigenvalue weighted by Gasteiger charge is 2.21. The zero-order chi connectivity index (χ0) is 26.2. The van der Waals surface area contributed by atoms with Crippen LogP contribution in [0.25, 0.3) is 22.2 Å². The summed E-state index contributed by atoms with van der Waals surface area (Å²) >= 11 is 0. The van der Waals surface area contributed by atoms with Gasteiger partial charge in [-0.05, 0) is 31.0 Å². The lowest BCUT2D eigenvalue weighted by molar-refractivity contribution is -0.116. The van der Waals surface area contributed by atoms with Crippen LogP contribution in [0.15, 0.2) is 48.9 Å². The molecule has 4 aromatic rings. The van der Waals surface area contributed by atoms with Gasteiger partial charge in [0.1, 0.15) is 11.5 Å². The fourth-order valence-electron chi connectivity index (χ4n) is 5.29. The summed E-state index contributed by atoms with van der Waals surface area (Å²) in [5, 5.41) is 7.24. The van der Waals surface area contributed by atoms with Gasteiger partial charge >= 0.3 is 0 Å². The van der Waals surface area contributed by atoms with Crippen molar-refractivity contribution in [1.82, 2.24) is 29.3 Å². The van der Waals surface area contributed by atoms with Gasteiger partial charge in [0.15, 0.2) is 5.82 Å². The second kappa shape index (κ2) is 10.1. The number of halogens is 1. The van der Waals surface area contributed by atoms with Crippen molar-refractivity contribution in [3.05, 3.63) is 60.3 Å². The Morgan fingerprint density at radius 3 is 2.66 bits per heavy atom. The smallest absolute Gasteiger partial charge is 0.229 e. The lowest BCUT2D eigenvalue weighted by Gasteiger charge is -2.34. The predicted octanol–water partition coefficient (Wildman–Crippen LogP) is 4.42. The number of likely N-dealkylation sites (N-methyl/N-ethyl adjacent to an activating group) is 1. The van der Waals surface area contributed by atoms with Crippen molar-refractivity contribution in [2.75, 3.05) is 43.4 Å². The number of aromatic nitrogens is 4. The van der Waals surface area contributed by atoms with E-state index in [-0.39, 0.29) is 30.0 Å². The number of hydrogen-bond acceptors (Lipinski definition) is 7. The molecule has 1 fully saturated rings. The van der Waals surface area contributed by atoms with Crippen LogP contribution in [0.2, 0.25) is 0 Å². The summed E-state index contributed by atoms with van der Waals surface area (Å²) in [6, 6.07) is 9.41. The summed E-state index contributed by atoms with van der Waals surface area (Å²) in [6.07, 6.45) is 5.21. The summed E-state index contributed by atoms with van der Waals surface area (Å²) in [7, 11) is 0. The highest BCUT2D eigenvalue weighted by atomic mass is 19.1. The average Bonchev–Trinajstić information content (AvgIpc) is 3.34. The third-order valence-corrected chi connectivity index (χ3v) is 7.50. The Kier molecular flexibility index (Phi) is 6.50. The molecule has 6 rings (SSSR count). The molecule has 0 saturated carbocycles. The number of rotatable bonds is 3. The van der Waals surface area contributed by atoms with Gasteiger partial charge in [-0.1, -0.05) is 19.1 Å². The SMILES string of the molecule is CCN1CCN(Cc2cnc3cc2NC(=O)CC(C)n2ccc4ccc(cc42)-c2nc(ncc2F)N3)CC1. The first-order chi connectivity index (χ1) is 18.5. The number of fused-ring (bicyclic) bond motifs is 6. The predicted molar refractivity (Wildman–Crippen MR) is 146 cm³/mol. The van der Waals surface area contributed by atoms with E-state index in [1.54, 1.807) is 12.3 Å². The maximum Gasteiger partial charge on any atom is 0.229 e. The van der Waals surface area contributed by atoms with E-state index in [2.05, 4.69) is 46.9 Å². The number of pyridine rings is 1. The van der Waals surface area contributed by atoms with E-state index in [0.717, 1.165) is 49.2 Å². The Bertz CT molecular complexity index is 1490. The summed E-state index contributed by atoms with van der Waals surface area (Å²) in [5.41, 5.74) is 3.41. The van der Waals surface area contributed by atoms with Gasteiger partial charge in [0.25, 0.3) is 0 Å². The van der Waals surface area contributed by atoms with Crippen molar-refractivity contribution < 1.29 is 9.18 Å². The number of carbonyl (C=O) groups is 1. The normalized spacial score (nSPS) is 18.6. The second-order valence-corrected chi connectivity index (χ2v) is 10.1. The van der Waals surface area contributed by atoms with E-state index in [1.165, 1.54) is 6.20 Å². The van der Waals surface area contributed by atoms with Crippen LogP contribution in [0.1, 0.15) is 31.9 Å². The second-order valence-electron chi connectivity index (χ2n) is 10.1. The first-order valence-corrected chi connectivity index (χ1v) is 13.1. The van der Waals surface area contributed by atoms with E-state index >= 15 is 0 Å². The van der Waals surface area contributed by atoms with E-state index in [9.17, 15) is 9.18 Å². The Morgan fingerprint density at radius 2 is 1.84 bits per heavy atom. The Morgan fingerprint density at radius 1 is 1.03 bits per heavy atom. The standard InChI is InChI=1S/C28H31FN8O/c1-3-35-8-10-36(11-9-35)17-21-15-30-25-14-23(21)32-26(38)12-18(2)37-7-6-19-4-5-20(13-24(19)37)27-22(29)16-31-28(33-25)34-27/h4-7,13-16,18H,3,8-12,17H2,1-2H3,(H,32,38)(H,30,31,33,34). The minimum Gasteiger partial charge on any atom is -0.344 e. The molecule has 3 aromatic heterocycles. The van der Waals surface area contributed by atoms with Crippen LogP contribution in [-0.4, -0.2) is 67.9 Å². The number of hydrogen-bond donors (Lipinski definition) is 2. The summed E-state index contributed by atoms with van der Waals surface area (Å²) in [4.78, 5) is 31.3. The summed E-state index contributed by atoms with van der Waals surface area (Å²) in [5.74, 6) is 0.118. The zero-order valence-corrected chi connectivity index (χ0v) is 21.6. The Balaban J connectivity index is 1.38. The molecule has 5 heterocycles. The molecule has 38 heavy (non-hydrogen) atoms. The average molecular weight is 515 g/mol.